The second-order valence-electron chi connectivity index (χ2n) is 7.14. The summed E-state index contributed by atoms with van der Waals surface area (Å²) in [5, 5.41) is 10.5. The highest BCUT2D eigenvalue weighted by Gasteiger charge is 2.22. The largest absolute Gasteiger partial charge is 0.381 e. The van der Waals surface area contributed by atoms with E-state index in [1.54, 1.807) is 0 Å². The zero-order valence-electron chi connectivity index (χ0n) is 14.7. The van der Waals surface area contributed by atoms with E-state index in [2.05, 4.69) is 57.5 Å². The normalized spacial score (nSPS) is 19.6. The molecule has 1 heterocycles. The zero-order chi connectivity index (χ0) is 15.9. The van der Waals surface area contributed by atoms with Gasteiger partial charge >= 0.3 is 0 Å². The summed E-state index contributed by atoms with van der Waals surface area (Å²) < 4.78 is 11.2. The Bertz CT molecular complexity index is 281. The van der Waals surface area contributed by atoms with Gasteiger partial charge in [0.15, 0.2) is 0 Å². The van der Waals surface area contributed by atoms with E-state index in [4.69, 9.17) is 9.47 Å². The van der Waals surface area contributed by atoms with Gasteiger partial charge in [0.1, 0.15) is 5.72 Å². The lowest BCUT2D eigenvalue weighted by atomic mass is 10.1. The van der Waals surface area contributed by atoms with Crippen molar-refractivity contribution in [1.82, 2.24) is 16.0 Å². The van der Waals surface area contributed by atoms with Gasteiger partial charge in [-0.05, 0) is 27.7 Å². The van der Waals surface area contributed by atoms with Crippen LogP contribution in [0.2, 0.25) is 0 Å². The van der Waals surface area contributed by atoms with Crippen LogP contribution in [0.25, 0.3) is 0 Å². The fourth-order valence-electron chi connectivity index (χ4n) is 2.26. The van der Waals surface area contributed by atoms with Crippen molar-refractivity contribution in [3.05, 3.63) is 0 Å². The third-order valence-electron chi connectivity index (χ3n) is 3.58. The third kappa shape index (κ3) is 8.73. The first kappa shape index (κ1) is 18.8. The van der Waals surface area contributed by atoms with Gasteiger partial charge in [0.2, 0.25) is 0 Å². The minimum Gasteiger partial charge on any atom is -0.381 e. The smallest absolute Gasteiger partial charge is 0.113 e. The SMILES string of the molecule is CC(C)NCC(C)NC(C)(C)OCC(C)NCC1COC1. The third-order valence-corrected chi connectivity index (χ3v) is 3.58. The molecule has 5 heteroatoms. The maximum Gasteiger partial charge on any atom is 0.113 e. The molecule has 5 nitrogen and oxygen atoms in total. The molecule has 0 saturated carbocycles. The lowest BCUT2D eigenvalue weighted by molar-refractivity contribution is -0.0608. The van der Waals surface area contributed by atoms with Crippen LogP contribution >= 0.6 is 0 Å². The van der Waals surface area contributed by atoms with Crippen molar-refractivity contribution in [2.75, 3.05) is 32.9 Å². The van der Waals surface area contributed by atoms with Gasteiger partial charge in [-0.1, -0.05) is 13.8 Å². The van der Waals surface area contributed by atoms with E-state index >= 15 is 0 Å². The van der Waals surface area contributed by atoms with Crippen LogP contribution in [-0.2, 0) is 9.47 Å². The number of nitrogens with one attached hydrogen (secondary N) is 3. The molecule has 0 bridgehead atoms. The van der Waals surface area contributed by atoms with Gasteiger partial charge in [-0.3, -0.25) is 5.32 Å². The molecule has 0 aromatic rings. The minimum absolute atomic E-state index is 0.312. The Morgan fingerprint density at radius 2 is 1.76 bits per heavy atom. The van der Waals surface area contributed by atoms with Gasteiger partial charge in [0.05, 0.1) is 19.8 Å². The predicted octanol–water partition coefficient (Wildman–Crippen LogP) is 1.34. The first-order valence-electron chi connectivity index (χ1n) is 8.24. The van der Waals surface area contributed by atoms with Gasteiger partial charge in [-0.15, -0.1) is 0 Å². The number of ether oxygens (including phenoxy) is 2. The van der Waals surface area contributed by atoms with Crippen molar-refractivity contribution in [3.63, 3.8) is 0 Å². The minimum atomic E-state index is -0.312. The standard InChI is InChI=1S/C16H35N3O2/c1-12(2)17-7-13(3)19-16(5,6)21-9-14(4)18-8-15-10-20-11-15/h12-15,17-19H,7-11H2,1-6H3. The van der Waals surface area contributed by atoms with Crippen molar-refractivity contribution in [3.8, 4) is 0 Å². The molecule has 0 aromatic carbocycles. The van der Waals surface area contributed by atoms with Gasteiger partial charge in [-0.2, -0.15) is 0 Å². The topological polar surface area (TPSA) is 54.5 Å². The average molecular weight is 301 g/mol. The van der Waals surface area contributed by atoms with Crippen molar-refractivity contribution < 1.29 is 9.47 Å². The molecule has 0 spiro atoms. The summed E-state index contributed by atoms with van der Waals surface area (Å²) in [6.45, 7) is 17.3. The Morgan fingerprint density at radius 1 is 1.10 bits per heavy atom. The summed E-state index contributed by atoms with van der Waals surface area (Å²) in [6.07, 6.45) is 0. The molecule has 0 aromatic heterocycles. The molecule has 0 radical (unpaired) electrons. The predicted molar refractivity (Wildman–Crippen MR) is 87.5 cm³/mol. The van der Waals surface area contributed by atoms with E-state index in [9.17, 15) is 0 Å². The monoisotopic (exact) mass is 301 g/mol. The fourth-order valence-corrected chi connectivity index (χ4v) is 2.26. The summed E-state index contributed by atoms with van der Waals surface area (Å²) in [5.74, 6) is 0.681. The molecule has 1 aliphatic rings. The molecular formula is C16H35N3O2. The van der Waals surface area contributed by atoms with Crippen LogP contribution in [0.4, 0.5) is 0 Å². The number of hydrogen-bond donors (Lipinski definition) is 3. The van der Waals surface area contributed by atoms with Crippen LogP contribution in [0.15, 0.2) is 0 Å². The highest BCUT2D eigenvalue weighted by molar-refractivity contribution is 4.76. The van der Waals surface area contributed by atoms with Crippen molar-refractivity contribution >= 4 is 0 Å². The molecule has 0 aliphatic carbocycles. The van der Waals surface area contributed by atoms with Crippen molar-refractivity contribution in [2.45, 2.75) is 65.4 Å². The lowest BCUT2D eigenvalue weighted by Gasteiger charge is -2.33. The van der Waals surface area contributed by atoms with Crippen LogP contribution in [0.5, 0.6) is 0 Å². The summed E-state index contributed by atoms with van der Waals surface area (Å²) >= 11 is 0. The Morgan fingerprint density at radius 3 is 2.29 bits per heavy atom. The van der Waals surface area contributed by atoms with E-state index in [-0.39, 0.29) is 5.72 Å². The highest BCUT2D eigenvalue weighted by Crippen LogP contribution is 2.09. The van der Waals surface area contributed by atoms with Crippen LogP contribution in [0.1, 0.15) is 41.5 Å². The molecule has 2 atom stereocenters. The van der Waals surface area contributed by atoms with Gasteiger partial charge in [-0.25, -0.2) is 0 Å². The van der Waals surface area contributed by atoms with Gasteiger partial charge in [0, 0.05) is 37.1 Å². The first-order valence-corrected chi connectivity index (χ1v) is 8.24. The lowest BCUT2D eigenvalue weighted by Crippen LogP contribution is -2.52. The van der Waals surface area contributed by atoms with Crippen LogP contribution in [0, 0.1) is 5.92 Å². The average Bonchev–Trinajstić information content (AvgIpc) is 2.31. The Balaban J connectivity index is 2.14. The van der Waals surface area contributed by atoms with Gasteiger partial charge in [0.25, 0.3) is 0 Å². The Kier molecular flexibility index (Phi) is 8.13. The number of rotatable bonds is 11. The van der Waals surface area contributed by atoms with E-state index in [1.165, 1.54) is 0 Å². The zero-order valence-corrected chi connectivity index (χ0v) is 14.7. The Labute approximate surface area is 130 Å². The van der Waals surface area contributed by atoms with Gasteiger partial charge < -0.3 is 20.1 Å². The molecule has 0 amide bonds. The van der Waals surface area contributed by atoms with E-state index in [1.807, 2.05) is 0 Å². The highest BCUT2D eigenvalue weighted by atomic mass is 16.5. The second-order valence-corrected chi connectivity index (χ2v) is 7.14. The second kappa shape index (κ2) is 9.06. The maximum absolute atomic E-state index is 6.02. The van der Waals surface area contributed by atoms with Crippen molar-refractivity contribution in [1.29, 1.82) is 0 Å². The molecule has 3 N–H and O–H groups in total. The summed E-state index contributed by atoms with van der Waals surface area (Å²) in [4.78, 5) is 0. The van der Waals surface area contributed by atoms with E-state index < -0.39 is 0 Å². The summed E-state index contributed by atoms with van der Waals surface area (Å²) in [6, 6.07) is 1.24. The first-order chi connectivity index (χ1) is 9.78. The molecular weight excluding hydrogens is 266 g/mol. The van der Waals surface area contributed by atoms with Crippen LogP contribution in [-0.4, -0.2) is 56.8 Å². The van der Waals surface area contributed by atoms with Crippen LogP contribution < -0.4 is 16.0 Å². The molecule has 2 unspecified atom stereocenters. The fraction of sp³-hybridized carbons (Fsp3) is 1.00. The summed E-state index contributed by atoms with van der Waals surface area (Å²) in [5.41, 5.74) is -0.312. The molecule has 1 saturated heterocycles. The Hall–Kier alpha value is -0.200. The summed E-state index contributed by atoms with van der Waals surface area (Å²) in [7, 11) is 0. The van der Waals surface area contributed by atoms with E-state index in [0.29, 0.717) is 30.7 Å². The maximum atomic E-state index is 6.02. The number of hydrogen-bond acceptors (Lipinski definition) is 5. The molecule has 126 valence electrons. The molecule has 21 heavy (non-hydrogen) atoms. The van der Waals surface area contributed by atoms with Crippen molar-refractivity contribution in [2.24, 2.45) is 5.92 Å². The molecule has 1 fully saturated rings. The molecule has 1 aliphatic heterocycles. The quantitative estimate of drug-likeness (QED) is 0.503. The van der Waals surface area contributed by atoms with Crippen LogP contribution in [0.3, 0.4) is 0 Å². The molecule has 1 rings (SSSR count). The van der Waals surface area contributed by atoms with E-state index in [0.717, 1.165) is 26.3 Å².